The Morgan fingerprint density at radius 1 is 1.40 bits per heavy atom. The molecule has 1 aromatic carbocycles. The molecule has 1 atom stereocenters. The Kier molecular flexibility index (Phi) is 5.49. The first-order valence-corrected chi connectivity index (χ1v) is 9.56. The lowest BCUT2D eigenvalue weighted by Crippen LogP contribution is -2.31. The topological polar surface area (TPSA) is 72.2 Å². The summed E-state index contributed by atoms with van der Waals surface area (Å²) in [6, 6.07) is 6.70. The molecule has 20 heavy (non-hydrogen) atoms. The zero-order valence-corrected chi connectivity index (χ0v) is 13.3. The molecule has 0 bridgehead atoms. The van der Waals surface area contributed by atoms with Gasteiger partial charge in [-0.15, -0.1) is 0 Å². The normalized spacial score (nSPS) is 18.9. The minimum Gasteiger partial charge on any atom is -0.324 e. The molecule has 0 spiro atoms. The van der Waals surface area contributed by atoms with Gasteiger partial charge in [0.1, 0.15) is 0 Å². The fourth-order valence-electron chi connectivity index (χ4n) is 2.23. The number of sulfonamides is 1. The van der Waals surface area contributed by atoms with E-state index in [1.807, 2.05) is 24.8 Å². The summed E-state index contributed by atoms with van der Waals surface area (Å²) in [5.74, 6) is 2.72. The summed E-state index contributed by atoms with van der Waals surface area (Å²) in [5, 5.41) is 0. The molecule has 1 aromatic rings. The van der Waals surface area contributed by atoms with Gasteiger partial charge < -0.3 is 5.73 Å². The van der Waals surface area contributed by atoms with Crippen LogP contribution in [0.5, 0.6) is 0 Å². The van der Waals surface area contributed by atoms with Crippen LogP contribution in [-0.2, 0) is 10.0 Å². The summed E-state index contributed by atoms with van der Waals surface area (Å²) in [6.07, 6.45) is 2.18. The van der Waals surface area contributed by atoms with Crippen molar-refractivity contribution < 1.29 is 8.42 Å². The van der Waals surface area contributed by atoms with E-state index in [9.17, 15) is 8.42 Å². The SMILES string of the molecule is CC(N)c1cccc(S(=O)(=O)NCC2CCSCC2)c1. The highest BCUT2D eigenvalue weighted by atomic mass is 32.2. The molecule has 1 fully saturated rings. The molecule has 1 saturated heterocycles. The number of thioether (sulfide) groups is 1. The van der Waals surface area contributed by atoms with Crippen molar-refractivity contribution in [3.8, 4) is 0 Å². The standard InChI is InChI=1S/C14H22N2O2S2/c1-11(15)13-3-2-4-14(9-13)20(17,18)16-10-12-5-7-19-8-6-12/h2-4,9,11-12,16H,5-8,10,15H2,1H3. The highest BCUT2D eigenvalue weighted by Crippen LogP contribution is 2.22. The molecule has 0 aromatic heterocycles. The fourth-order valence-corrected chi connectivity index (χ4v) is 4.60. The molecule has 0 aliphatic carbocycles. The Hall–Kier alpha value is -0.560. The number of nitrogens with two attached hydrogens (primary N) is 1. The van der Waals surface area contributed by atoms with Crippen LogP contribution < -0.4 is 10.5 Å². The number of hydrogen-bond donors (Lipinski definition) is 2. The second-order valence-electron chi connectivity index (χ2n) is 5.27. The number of nitrogens with one attached hydrogen (secondary N) is 1. The van der Waals surface area contributed by atoms with E-state index in [-0.39, 0.29) is 6.04 Å². The average molecular weight is 314 g/mol. The van der Waals surface area contributed by atoms with Gasteiger partial charge in [-0.25, -0.2) is 13.1 Å². The van der Waals surface area contributed by atoms with Gasteiger partial charge in [-0.2, -0.15) is 11.8 Å². The molecule has 6 heteroatoms. The molecule has 112 valence electrons. The van der Waals surface area contributed by atoms with Crippen LogP contribution in [0.1, 0.15) is 31.4 Å². The Bertz CT molecular complexity index is 538. The maximum Gasteiger partial charge on any atom is 0.240 e. The van der Waals surface area contributed by atoms with Crippen LogP contribution in [-0.4, -0.2) is 26.5 Å². The third kappa shape index (κ3) is 4.22. The van der Waals surface area contributed by atoms with Gasteiger partial charge in [0.15, 0.2) is 0 Å². The van der Waals surface area contributed by atoms with Crippen LogP contribution in [0, 0.1) is 5.92 Å². The number of hydrogen-bond acceptors (Lipinski definition) is 4. The smallest absolute Gasteiger partial charge is 0.240 e. The first kappa shape index (κ1) is 15.8. The van der Waals surface area contributed by atoms with Crippen molar-refractivity contribution >= 4 is 21.8 Å². The predicted octanol–water partition coefficient (Wildman–Crippen LogP) is 2.13. The van der Waals surface area contributed by atoms with Gasteiger partial charge in [0.05, 0.1) is 4.90 Å². The molecule has 0 amide bonds. The van der Waals surface area contributed by atoms with Gasteiger partial charge >= 0.3 is 0 Å². The monoisotopic (exact) mass is 314 g/mol. The van der Waals surface area contributed by atoms with E-state index < -0.39 is 10.0 Å². The van der Waals surface area contributed by atoms with E-state index in [0.717, 1.165) is 29.9 Å². The minimum atomic E-state index is -3.43. The first-order chi connectivity index (χ1) is 9.49. The molecule has 2 rings (SSSR count). The lowest BCUT2D eigenvalue weighted by atomic mass is 10.0. The highest BCUT2D eigenvalue weighted by molar-refractivity contribution is 7.99. The van der Waals surface area contributed by atoms with Gasteiger partial charge in [0.25, 0.3) is 0 Å². The Morgan fingerprint density at radius 2 is 2.10 bits per heavy atom. The maximum atomic E-state index is 12.3. The Labute approximate surface area is 125 Å². The molecule has 1 unspecified atom stereocenters. The second-order valence-corrected chi connectivity index (χ2v) is 8.26. The van der Waals surface area contributed by atoms with Crippen LogP contribution in [0.3, 0.4) is 0 Å². The van der Waals surface area contributed by atoms with Gasteiger partial charge in [-0.05, 0) is 54.9 Å². The first-order valence-electron chi connectivity index (χ1n) is 6.92. The van der Waals surface area contributed by atoms with Gasteiger partial charge in [-0.1, -0.05) is 12.1 Å². The Morgan fingerprint density at radius 3 is 2.75 bits per heavy atom. The number of benzene rings is 1. The predicted molar refractivity (Wildman–Crippen MR) is 84.3 cm³/mol. The zero-order chi connectivity index (χ0) is 14.6. The van der Waals surface area contributed by atoms with Crippen molar-refractivity contribution in [1.29, 1.82) is 0 Å². The van der Waals surface area contributed by atoms with Gasteiger partial charge in [0, 0.05) is 12.6 Å². The third-order valence-electron chi connectivity index (χ3n) is 3.60. The molecule has 0 saturated carbocycles. The third-order valence-corrected chi connectivity index (χ3v) is 6.07. The van der Waals surface area contributed by atoms with E-state index in [4.69, 9.17) is 5.73 Å². The summed E-state index contributed by atoms with van der Waals surface area (Å²) in [4.78, 5) is 0.303. The zero-order valence-electron chi connectivity index (χ0n) is 11.7. The maximum absolute atomic E-state index is 12.3. The molecule has 1 aliphatic heterocycles. The summed E-state index contributed by atoms with van der Waals surface area (Å²) in [5.41, 5.74) is 6.63. The summed E-state index contributed by atoms with van der Waals surface area (Å²) < 4.78 is 27.3. The van der Waals surface area contributed by atoms with Crippen LogP contribution in [0.2, 0.25) is 0 Å². The van der Waals surface area contributed by atoms with Crippen LogP contribution in [0.25, 0.3) is 0 Å². The van der Waals surface area contributed by atoms with Crippen molar-refractivity contribution in [2.75, 3.05) is 18.1 Å². The fraction of sp³-hybridized carbons (Fsp3) is 0.571. The van der Waals surface area contributed by atoms with E-state index in [1.54, 1.807) is 18.2 Å². The highest BCUT2D eigenvalue weighted by Gasteiger charge is 2.19. The molecule has 1 heterocycles. The summed E-state index contributed by atoms with van der Waals surface area (Å²) >= 11 is 1.94. The molecular weight excluding hydrogens is 292 g/mol. The van der Waals surface area contributed by atoms with Crippen molar-refractivity contribution in [1.82, 2.24) is 4.72 Å². The lowest BCUT2D eigenvalue weighted by molar-refractivity contribution is 0.476. The molecule has 3 N–H and O–H groups in total. The largest absolute Gasteiger partial charge is 0.324 e. The van der Waals surface area contributed by atoms with Crippen LogP contribution in [0.4, 0.5) is 0 Å². The molecule has 0 radical (unpaired) electrons. The van der Waals surface area contributed by atoms with Crippen molar-refractivity contribution in [2.45, 2.75) is 30.7 Å². The summed E-state index contributed by atoms with van der Waals surface area (Å²) in [7, 11) is -3.43. The quantitative estimate of drug-likeness (QED) is 0.873. The van der Waals surface area contributed by atoms with Crippen molar-refractivity contribution in [2.24, 2.45) is 11.7 Å². The second kappa shape index (κ2) is 6.93. The van der Waals surface area contributed by atoms with Gasteiger partial charge in [0.2, 0.25) is 10.0 Å². The average Bonchev–Trinajstić information content (AvgIpc) is 2.46. The van der Waals surface area contributed by atoms with E-state index in [1.165, 1.54) is 0 Å². The Balaban J connectivity index is 2.03. The van der Waals surface area contributed by atoms with Crippen LogP contribution in [0.15, 0.2) is 29.2 Å². The lowest BCUT2D eigenvalue weighted by Gasteiger charge is -2.21. The van der Waals surface area contributed by atoms with Crippen LogP contribution >= 0.6 is 11.8 Å². The molecular formula is C14H22N2O2S2. The molecule has 1 aliphatic rings. The number of rotatable bonds is 5. The summed E-state index contributed by atoms with van der Waals surface area (Å²) in [6.45, 7) is 2.38. The van der Waals surface area contributed by atoms with Crippen molar-refractivity contribution in [3.63, 3.8) is 0 Å². The van der Waals surface area contributed by atoms with E-state index >= 15 is 0 Å². The molecule has 4 nitrogen and oxygen atoms in total. The van der Waals surface area contributed by atoms with Crippen molar-refractivity contribution in [3.05, 3.63) is 29.8 Å². The minimum absolute atomic E-state index is 0.166. The van der Waals surface area contributed by atoms with Gasteiger partial charge in [-0.3, -0.25) is 0 Å². The van der Waals surface area contributed by atoms with E-state index in [2.05, 4.69) is 4.72 Å². The van der Waals surface area contributed by atoms with E-state index in [0.29, 0.717) is 17.4 Å².